The third-order valence-corrected chi connectivity index (χ3v) is 9.53. The molecule has 1 aliphatic carbocycles. The van der Waals surface area contributed by atoms with E-state index in [-0.39, 0.29) is 28.6 Å². The number of rotatable bonds is 10. The fourth-order valence-electron chi connectivity index (χ4n) is 4.12. The molecule has 0 spiro atoms. The lowest BCUT2D eigenvalue weighted by Crippen LogP contribution is -2.51. The molecule has 1 saturated heterocycles. The summed E-state index contributed by atoms with van der Waals surface area (Å²) in [4.78, 5) is 38.9. The number of nitrogens with one attached hydrogen (secondary N) is 1. The number of hydrogen-bond acceptors (Lipinski definition) is 12. The molecule has 206 valence electrons. The second-order valence-electron chi connectivity index (χ2n) is 9.56. The number of oxime groups is 1. The molecule has 4 aromatic rings. The molecular weight excluding hydrogens is 554 g/mol. The van der Waals surface area contributed by atoms with Crippen LogP contribution in [0.4, 0.5) is 5.13 Å². The van der Waals surface area contributed by atoms with Crippen LogP contribution >= 0.6 is 11.3 Å². The van der Waals surface area contributed by atoms with Gasteiger partial charge in [-0.25, -0.2) is 28.4 Å². The number of nitrogens with zero attached hydrogens (tertiary/aromatic N) is 6. The Morgan fingerprint density at radius 3 is 2.55 bits per heavy atom. The van der Waals surface area contributed by atoms with E-state index < -0.39 is 15.7 Å². The number of fused-ring (bicyclic) bond motifs is 1. The van der Waals surface area contributed by atoms with Gasteiger partial charge in [-0.2, -0.15) is 0 Å². The number of likely N-dealkylation sites (tertiary alicyclic amines) is 1. The molecule has 1 aliphatic heterocycles. The molecule has 12 nitrogen and oxygen atoms in total. The maximum absolute atomic E-state index is 13.4. The van der Waals surface area contributed by atoms with Gasteiger partial charge in [-0.1, -0.05) is 28.6 Å². The first-order valence-electron chi connectivity index (χ1n) is 12.6. The van der Waals surface area contributed by atoms with Crippen molar-refractivity contribution in [1.29, 1.82) is 0 Å². The highest BCUT2D eigenvalue weighted by Gasteiger charge is 2.36. The lowest BCUT2D eigenvalue weighted by atomic mass is 10.1. The van der Waals surface area contributed by atoms with E-state index in [9.17, 15) is 13.2 Å². The van der Waals surface area contributed by atoms with E-state index in [2.05, 4.69) is 35.3 Å². The topological polar surface area (TPSA) is 149 Å². The lowest BCUT2D eigenvalue weighted by molar-refractivity contribution is -0.110. The van der Waals surface area contributed by atoms with E-state index in [1.807, 2.05) is 7.05 Å². The van der Waals surface area contributed by atoms with Crippen molar-refractivity contribution >= 4 is 48.3 Å². The van der Waals surface area contributed by atoms with E-state index in [1.165, 1.54) is 35.6 Å². The van der Waals surface area contributed by atoms with Crippen LogP contribution < -0.4 is 10.1 Å². The zero-order valence-electron chi connectivity index (χ0n) is 21.4. The van der Waals surface area contributed by atoms with Gasteiger partial charge in [0.1, 0.15) is 16.5 Å². The smallest absolute Gasteiger partial charge is 0.280 e. The summed E-state index contributed by atoms with van der Waals surface area (Å²) in [5, 5.41) is 6.80. The van der Waals surface area contributed by atoms with Crippen molar-refractivity contribution in [2.45, 2.75) is 35.7 Å². The number of carbonyl (C=O) groups is 1. The number of sulfone groups is 1. The first kappa shape index (κ1) is 26.2. The third-order valence-electron chi connectivity index (χ3n) is 6.37. The van der Waals surface area contributed by atoms with Crippen molar-refractivity contribution in [1.82, 2.24) is 24.8 Å². The van der Waals surface area contributed by atoms with Crippen LogP contribution in [0, 0.1) is 0 Å². The normalized spacial score (nSPS) is 16.5. The van der Waals surface area contributed by atoms with E-state index >= 15 is 0 Å². The second-order valence-corrected chi connectivity index (χ2v) is 12.8. The molecular formula is C26H25N7O5S2. The number of carbonyl (C=O) groups excluding carboxylic acids is 1. The standard InChI is InChI=1S/C26H25N7O5S2/c1-33-13-17(14-33)38-22-10-9-20-25(30-22)39-26(29-20)31-24(34)23(32-37-15-21-27-11-2-12-28-21)16-3-5-18(6-4-16)40(35,36)19-7-8-19/h2-6,9-12,17,19H,7-8,13-15H2,1H3,(H,29,31,34)/b32-23+. The predicted molar refractivity (Wildman–Crippen MR) is 148 cm³/mol. The summed E-state index contributed by atoms with van der Waals surface area (Å²) in [6.45, 7) is 1.63. The van der Waals surface area contributed by atoms with Crippen molar-refractivity contribution in [3.8, 4) is 5.88 Å². The average Bonchev–Trinajstić information content (AvgIpc) is 3.72. The Morgan fingerprint density at radius 2 is 1.85 bits per heavy atom. The Kier molecular flexibility index (Phi) is 7.12. The fraction of sp³-hybridized carbons (Fsp3) is 0.308. The summed E-state index contributed by atoms with van der Waals surface area (Å²) >= 11 is 1.20. The van der Waals surface area contributed by atoms with E-state index in [4.69, 9.17) is 9.57 Å². The van der Waals surface area contributed by atoms with Crippen LogP contribution in [-0.4, -0.2) is 76.4 Å². The van der Waals surface area contributed by atoms with Crippen LogP contribution in [0.3, 0.4) is 0 Å². The Morgan fingerprint density at radius 1 is 1.10 bits per heavy atom. The molecule has 1 N–H and O–H groups in total. The molecule has 1 amide bonds. The Bertz CT molecular complexity index is 1670. The summed E-state index contributed by atoms with van der Waals surface area (Å²) in [5.74, 6) is 0.313. The van der Waals surface area contributed by atoms with Gasteiger partial charge in [-0.3, -0.25) is 15.0 Å². The Labute approximate surface area is 234 Å². The molecule has 2 aliphatic rings. The minimum atomic E-state index is -3.37. The molecule has 2 fully saturated rings. The predicted octanol–water partition coefficient (Wildman–Crippen LogP) is 2.67. The van der Waals surface area contributed by atoms with Crippen molar-refractivity contribution in [2.75, 3.05) is 25.5 Å². The number of ether oxygens (including phenoxy) is 1. The summed E-state index contributed by atoms with van der Waals surface area (Å²) < 4.78 is 31.1. The molecule has 40 heavy (non-hydrogen) atoms. The van der Waals surface area contributed by atoms with Crippen molar-refractivity contribution < 1.29 is 22.8 Å². The highest BCUT2D eigenvalue weighted by atomic mass is 32.2. The maximum Gasteiger partial charge on any atom is 0.280 e. The molecule has 1 aromatic carbocycles. The number of pyridine rings is 1. The number of benzene rings is 1. The highest BCUT2D eigenvalue weighted by Crippen LogP contribution is 2.33. The second kappa shape index (κ2) is 10.9. The summed E-state index contributed by atoms with van der Waals surface area (Å²) in [6.07, 6.45) is 4.58. The van der Waals surface area contributed by atoms with Gasteiger partial charge in [-0.05, 0) is 44.2 Å². The van der Waals surface area contributed by atoms with E-state index in [0.717, 1.165) is 13.1 Å². The summed E-state index contributed by atoms with van der Waals surface area (Å²) in [6, 6.07) is 11.3. The number of anilines is 1. The van der Waals surface area contributed by atoms with Gasteiger partial charge in [0.25, 0.3) is 5.91 Å². The SMILES string of the molecule is CN1CC(Oc2ccc3nc(NC(=O)/C(=N/OCc4ncccn4)c4ccc(S(=O)(=O)C5CC5)cc4)sc3n2)C1. The molecule has 0 radical (unpaired) electrons. The first-order chi connectivity index (χ1) is 19.3. The molecule has 0 unspecified atom stereocenters. The van der Waals surface area contributed by atoms with Gasteiger partial charge < -0.3 is 9.57 Å². The van der Waals surface area contributed by atoms with E-state index in [0.29, 0.717) is 45.6 Å². The number of amides is 1. The fourth-order valence-corrected chi connectivity index (χ4v) is 6.60. The molecule has 3 aromatic heterocycles. The Balaban J connectivity index is 1.22. The zero-order valence-corrected chi connectivity index (χ0v) is 23.1. The van der Waals surface area contributed by atoms with Crippen LogP contribution in [0.2, 0.25) is 0 Å². The van der Waals surface area contributed by atoms with Crippen LogP contribution in [0.5, 0.6) is 5.88 Å². The molecule has 4 heterocycles. The monoisotopic (exact) mass is 579 g/mol. The molecule has 0 bridgehead atoms. The summed E-state index contributed by atoms with van der Waals surface area (Å²) in [5.41, 5.74) is 0.933. The van der Waals surface area contributed by atoms with Gasteiger partial charge in [0, 0.05) is 37.1 Å². The minimum absolute atomic E-state index is 0.0587. The van der Waals surface area contributed by atoms with Gasteiger partial charge in [0.15, 0.2) is 33.1 Å². The van der Waals surface area contributed by atoms with Gasteiger partial charge in [-0.15, -0.1) is 0 Å². The molecule has 6 rings (SSSR count). The third kappa shape index (κ3) is 5.78. The van der Waals surface area contributed by atoms with Crippen LogP contribution in [0.25, 0.3) is 10.3 Å². The Hall–Kier alpha value is -4.01. The van der Waals surface area contributed by atoms with Crippen LogP contribution in [-0.2, 0) is 26.1 Å². The maximum atomic E-state index is 13.4. The number of likely N-dealkylation sites (N-methyl/N-ethyl adjacent to an activating group) is 1. The number of hydrogen-bond donors (Lipinski definition) is 1. The lowest BCUT2D eigenvalue weighted by Gasteiger charge is -2.35. The van der Waals surface area contributed by atoms with Crippen molar-refractivity contribution in [2.24, 2.45) is 5.16 Å². The van der Waals surface area contributed by atoms with Crippen LogP contribution in [0.1, 0.15) is 24.2 Å². The van der Waals surface area contributed by atoms with Crippen LogP contribution in [0.15, 0.2) is 64.9 Å². The van der Waals surface area contributed by atoms with Gasteiger partial charge in [0.2, 0.25) is 5.88 Å². The molecule has 1 saturated carbocycles. The van der Waals surface area contributed by atoms with E-state index in [1.54, 1.807) is 30.6 Å². The first-order valence-corrected chi connectivity index (χ1v) is 15.0. The molecule has 0 atom stereocenters. The van der Waals surface area contributed by atoms with Gasteiger partial charge >= 0.3 is 0 Å². The summed E-state index contributed by atoms with van der Waals surface area (Å²) in [7, 11) is -1.35. The van der Waals surface area contributed by atoms with Gasteiger partial charge in [0.05, 0.1) is 10.1 Å². The minimum Gasteiger partial charge on any atom is -0.472 e. The number of aromatic nitrogens is 4. The largest absolute Gasteiger partial charge is 0.472 e. The zero-order chi connectivity index (χ0) is 27.7. The number of thiazole rings is 1. The average molecular weight is 580 g/mol. The quantitative estimate of drug-likeness (QED) is 0.219. The molecule has 14 heteroatoms. The van der Waals surface area contributed by atoms with Crippen molar-refractivity contribution in [3.05, 3.63) is 66.2 Å². The van der Waals surface area contributed by atoms with Crippen molar-refractivity contribution in [3.63, 3.8) is 0 Å². The highest BCUT2D eigenvalue weighted by molar-refractivity contribution is 7.92.